The molecule has 3 nitrogen and oxygen atoms in total. The van der Waals surface area contributed by atoms with E-state index in [2.05, 4.69) is 37.8 Å². The number of ether oxygens (including phenoxy) is 2. The molecule has 0 bridgehead atoms. The maximum Gasteiger partial charge on any atom is 0.330 e. The summed E-state index contributed by atoms with van der Waals surface area (Å²) in [6, 6.07) is 8.98. The van der Waals surface area contributed by atoms with E-state index in [1.54, 1.807) is 0 Å². The van der Waals surface area contributed by atoms with Gasteiger partial charge in [-0.3, -0.25) is 0 Å². The number of carbonyl (C=O) groups is 1. The summed E-state index contributed by atoms with van der Waals surface area (Å²) in [4.78, 5) is 10.9. The fourth-order valence-corrected chi connectivity index (χ4v) is 5.17. The molecule has 1 aliphatic rings. The van der Waals surface area contributed by atoms with Gasteiger partial charge in [-0.25, -0.2) is 4.79 Å². The van der Waals surface area contributed by atoms with Gasteiger partial charge in [0, 0.05) is 6.08 Å². The summed E-state index contributed by atoms with van der Waals surface area (Å²) >= 11 is 0. The summed E-state index contributed by atoms with van der Waals surface area (Å²) in [6.45, 7) is 7.04. The smallest absolute Gasteiger partial charge is 0.330 e. The fraction of sp³-hybridized carbons (Fsp3) is 0.710. The first-order valence-electron chi connectivity index (χ1n) is 14.2. The zero-order chi connectivity index (χ0) is 24.3. The Morgan fingerprint density at radius 1 is 0.824 bits per heavy atom. The molecule has 1 saturated carbocycles. The summed E-state index contributed by atoms with van der Waals surface area (Å²) in [7, 11) is 0. The Balaban J connectivity index is 1.43. The Bertz CT molecular complexity index is 643. The van der Waals surface area contributed by atoms with Crippen LogP contribution in [0.2, 0.25) is 0 Å². The van der Waals surface area contributed by atoms with E-state index >= 15 is 0 Å². The van der Waals surface area contributed by atoms with Gasteiger partial charge in [0.25, 0.3) is 0 Å². The summed E-state index contributed by atoms with van der Waals surface area (Å²) in [5.41, 5.74) is 1.51. The lowest BCUT2D eigenvalue weighted by Gasteiger charge is -2.29. The highest BCUT2D eigenvalue weighted by Gasteiger charge is 2.22. The van der Waals surface area contributed by atoms with Gasteiger partial charge in [0.2, 0.25) is 0 Å². The second-order valence-electron chi connectivity index (χ2n) is 10.2. The topological polar surface area (TPSA) is 35.5 Å². The molecule has 0 radical (unpaired) electrons. The van der Waals surface area contributed by atoms with Gasteiger partial charge in [0.15, 0.2) is 0 Å². The molecule has 1 aromatic carbocycles. The van der Waals surface area contributed by atoms with Crippen LogP contribution in [0.1, 0.15) is 128 Å². The lowest BCUT2D eigenvalue weighted by atomic mass is 9.77. The van der Waals surface area contributed by atoms with Crippen molar-refractivity contribution in [3.05, 3.63) is 42.5 Å². The number of unbranched alkanes of at least 4 members (excludes halogenated alkanes) is 10. The molecule has 34 heavy (non-hydrogen) atoms. The van der Waals surface area contributed by atoms with Gasteiger partial charge in [0.1, 0.15) is 5.75 Å². The van der Waals surface area contributed by atoms with Crippen LogP contribution in [0.4, 0.5) is 0 Å². The van der Waals surface area contributed by atoms with Crippen molar-refractivity contribution in [2.24, 2.45) is 5.92 Å². The van der Waals surface area contributed by atoms with Crippen LogP contribution in [-0.4, -0.2) is 19.2 Å². The first-order chi connectivity index (χ1) is 16.7. The number of benzene rings is 1. The van der Waals surface area contributed by atoms with E-state index in [4.69, 9.17) is 9.47 Å². The van der Waals surface area contributed by atoms with Gasteiger partial charge >= 0.3 is 5.97 Å². The number of hydrogen-bond acceptors (Lipinski definition) is 3. The van der Waals surface area contributed by atoms with Crippen LogP contribution < -0.4 is 4.74 Å². The Morgan fingerprint density at radius 3 is 2.00 bits per heavy atom. The lowest BCUT2D eigenvalue weighted by Crippen LogP contribution is -2.13. The standard InChI is InChI=1S/C31H50O3/c1-3-5-13-16-27-17-19-28(20-18-27)29-21-23-30(24-22-29)33-25-14-11-9-7-6-8-10-12-15-26-34-31(32)4-2/h4,21-24,27-28H,2-3,5-20,25-26H2,1H3. The van der Waals surface area contributed by atoms with E-state index in [1.165, 1.54) is 102 Å². The zero-order valence-electron chi connectivity index (χ0n) is 21.9. The Labute approximate surface area is 209 Å². The van der Waals surface area contributed by atoms with E-state index in [1.807, 2.05) is 0 Å². The molecule has 0 spiro atoms. The van der Waals surface area contributed by atoms with Crippen LogP contribution in [0.25, 0.3) is 0 Å². The molecule has 1 fully saturated rings. The van der Waals surface area contributed by atoms with Crippen LogP contribution in [0, 0.1) is 5.92 Å². The molecule has 1 aromatic rings. The van der Waals surface area contributed by atoms with E-state index in [0.717, 1.165) is 43.5 Å². The van der Waals surface area contributed by atoms with Crippen LogP contribution in [-0.2, 0) is 9.53 Å². The second kappa shape index (κ2) is 18.5. The maximum atomic E-state index is 10.9. The average Bonchev–Trinajstić information content (AvgIpc) is 2.87. The molecule has 3 heteroatoms. The van der Waals surface area contributed by atoms with Crippen molar-refractivity contribution in [1.82, 2.24) is 0 Å². The van der Waals surface area contributed by atoms with E-state index in [-0.39, 0.29) is 5.97 Å². The fourth-order valence-electron chi connectivity index (χ4n) is 5.17. The quantitative estimate of drug-likeness (QED) is 0.115. The van der Waals surface area contributed by atoms with Gasteiger partial charge < -0.3 is 9.47 Å². The molecule has 1 aliphatic carbocycles. The van der Waals surface area contributed by atoms with Crippen molar-refractivity contribution < 1.29 is 14.3 Å². The van der Waals surface area contributed by atoms with Crippen molar-refractivity contribution >= 4 is 5.97 Å². The molecule has 0 unspecified atom stereocenters. The van der Waals surface area contributed by atoms with Crippen LogP contribution in [0.15, 0.2) is 36.9 Å². The first kappa shape index (κ1) is 28.5. The Kier molecular flexibility index (Phi) is 15.5. The molecule has 0 amide bonds. The van der Waals surface area contributed by atoms with E-state index < -0.39 is 0 Å². The number of carbonyl (C=O) groups excluding carboxylic acids is 1. The lowest BCUT2D eigenvalue weighted by molar-refractivity contribution is -0.137. The molecule has 0 saturated heterocycles. The molecule has 0 aliphatic heterocycles. The Hall–Kier alpha value is -1.77. The summed E-state index contributed by atoms with van der Waals surface area (Å²) < 4.78 is 11.0. The van der Waals surface area contributed by atoms with Gasteiger partial charge in [-0.05, 0) is 68.1 Å². The van der Waals surface area contributed by atoms with Gasteiger partial charge in [-0.2, -0.15) is 0 Å². The zero-order valence-corrected chi connectivity index (χ0v) is 21.9. The van der Waals surface area contributed by atoms with Gasteiger partial charge in [-0.1, -0.05) is 96.3 Å². The maximum absolute atomic E-state index is 10.9. The SMILES string of the molecule is C=CC(=O)OCCCCCCCCCCCOc1ccc(C2CCC(CCCCC)CC2)cc1. The van der Waals surface area contributed by atoms with Crippen LogP contribution in [0.5, 0.6) is 5.75 Å². The normalized spacial score (nSPS) is 17.9. The molecule has 0 aromatic heterocycles. The van der Waals surface area contributed by atoms with Crippen molar-refractivity contribution in [2.75, 3.05) is 13.2 Å². The number of hydrogen-bond donors (Lipinski definition) is 0. The highest BCUT2D eigenvalue weighted by atomic mass is 16.5. The summed E-state index contributed by atoms with van der Waals surface area (Å²) in [5, 5.41) is 0. The monoisotopic (exact) mass is 470 g/mol. The number of esters is 1. The third kappa shape index (κ3) is 12.6. The van der Waals surface area contributed by atoms with E-state index in [0.29, 0.717) is 6.61 Å². The van der Waals surface area contributed by atoms with Crippen molar-refractivity contribution in [1.29, 1.82) is 0 Å². The third-order valence-corrected chi connectivity index (χ3v) is 7.38. The highest BCUT2D eigenvalue weighted by molar-refractivity contribution is 5.81. The first-order valence-corrected chi connectivity index (χ1v) is 14.2. The minimum atomic E-state index is -0.313. The molecule has 0 N–H and O–H groups in total. The minimum absolute atomic E-state index is 0.313. The molecule has 0 heterocycles. The summed E-state index contributed by atoms with van der Waals surface area (Å²) in [5.74, 6) is 2.44. The summed E-state index contributed by atoms with van der Waals surface area (Å²) in [6.07, 6.45) is 23.3. The minimum Gasteiger partial charge on any atom is -0.494 e. The molecular formula is C31H50O3. The van der Waals surface area contributed by atoms with Gasteiger partial charge in [0.05, 0.1) is 13.2 Å². The number of rotatable bonds is 19. The van der Waals surface area contributed by atoms with Crippen LogP contribution in [0.3, 0.4) is 0 Å². The third-order valence-electron chi connectivity index (χ3n) is 7.38. The Morgan fingerprint density at radius 2 is 1.41 bits per heavy atom. The molecule has 0 atom stereocenters. The van der Waals surface area contributed by atoms with Crippen molar-refractivity contribution in [3.8, 4) is 5.75 Å². The van der Waals surface area contributed by atoms with Crippen molar-refractivity contribution in [2.45, 2.75) is 122 Å². The predicted molar refractivity (Wildman–Crippen MR) is 143 cm³/mol. The van der Waals surface area contributed by atoms with Crippen molar-refractivity contribution in [3.63, 3.8) is 0 Å². The predicted octanol–water partition coefficient (Wildman–Crippen LogP) is 9.16. The average molecular weight is 471 g/mol. The molecule has 2 rings (SSSR count). The highest BCUT2D eigenvalue weighted by Crippen LogP contribution is 2.38. The molecular weight excluding hydrogens is 420 g/mol. The molecule has 192 valence electrons. The van der Waals surface area contributed by atoms with E-state index in [9.17, 15) is 4.79 Å². The largest absolute Gasteiger partial charge is 0.494 e. The van der Waals surface area contributed by atoms with Crippen LogP contribution >= 0.6 is 0 Å². The van der Waals surface area contributed by atoms with Gasteiger partial charge in [-0.15, -0.1) is 0 Å². The second-order valence-corrected chi connectivity index (χ2v) is 10.2.